The van der Waals surface area contributed by atoms with Crippen molar-refractivity contribution in [2.24, 2.45) is 0 Å². The third-order valence-electron chi connectivity index (χ3n) is 19.2. The Morgan fingerprint density at radius 1 is 0.236 bits per heavy atom. The quantitative estimate of drug-likeness (QED) is 0.152. The van der Waals surface area contributed by atoms with Crippen molar-refractivity contribution in [3.63, 3.8) is 0 Å². The fourth-order valence-corrected chi connectivity index (χ4v) is 15.4. The van der Waals surface area contributed by atoms with Gasteiger partial charge in [0, 0.05) is 44.0 Å². The lowest BCUT2D eigenvalue weighted by atomic mass is 9.70. The van der Waals surface area contributed by atoms with E-state index in [1.165, 1.54) is 66.1 Å². The molecule has 0 bridgehead atoms. The fourth-order valence-electron chi connectivity index (χ4n) is 15.4. The van der Waals surface area contributed by atoms with Crippen molar-refractivity contribution >= 4 is 110 Å². The summed E-state index contributed by atoms with van der Waals surface area (Å²) in [7, 11) is 0. The highest BCUT2D eigenvalue weighted by atomic mass is 16.3. The van der Waals surface area contributed by atoms with Gasteiger partial charge in [0.2, 0.25) is 0 Å². The van der Waals surface area contributed by atoms with Crippen LogP contribution in [0, 0.1) is 0 Å². The Morgan fingerprint density at radius 3 is 1.21 bits per heavy atom. The van der Waals surface area contributed by atoms with Crippen LogP contribution in [0.15, 0.2) is 324 Å². The van der Waals surface area contributed by atoms with Crippen LogP contribution in [0.1, 0.15) is 22.3 Å². The number of para-hydroxylation sites is 6. The first kappa shape index (κ1) is 49.5. The Bertz CT molecular complexity index is 5490. The third kappa shape index (κ3) is 7.23. The average molecular weight is 1130 g/mol. The molecule has 0 atom stereocenters. The van der Waals surface area contributed by atoms with E-state index in [-0.39, 0.29) is 0 Å². The second-order valence-electron chi connectivity index (χ2n) is 23.8. The lowest BCUT2D eigenvalue weighted by molar-refractivity contribution is 0.668. The highest BCUT2D eigenvalue weighted by Crippen LogP contribution is 2.65. The summed E-state index contributed by atoms with van der Waals surface area (Å²) in [5, 5.41) is 11.5. The number of furan rings is 2. The number of fused-ring (bicyclic) bond motifs is 20. The molecule has 2 aliphatic rings. The number of hydrogen-bond acceptors (Lipinski definition) is 4. The van der Waals surface area contributed by atoms with E-state index in [4.69, 9.17) is 8.83 Å². The minimum absolute atomic E-state index is 0.673. The molecule has 15 aromatic carbocycles. The first-order valence-electron chi connectivity index (χ1n) is 30.6. The fraction of sp³-hybridized carbons (Fsp3) is 0.0118. The molecule has 0 N–H and O–H groups in total. The molecule has 0 unspecified atom stereocenters. The molecule has 0 fully saturated rings. The lowest BCUT2D eigenvalue weighted by Crippen LogP contribution is -2.26. The summed E-state index contributed by atoms with van der Waals surface area (Å²) in [5.41, 5.74) is 23.6. The zero-order valence-electron chi connectivity index (χ0n) is 48.2. The van der Waals surface area contributed by atoms with Gasteiger partial charge in [0.05, 0.1) is 28.2 Å². The molecule has 0 aliphatic heterocycles. The van der Waals surface area contributed by atoms with Crippen LogP contribution < -0.4 is 9.80 Å². The Balaban J connectivity index is 0.860. The van der Waals surface area contributed by atoms with Gasteiger partial charge in [0.1, 0.15) is 11.2 Å². The van der Waals surface area contributed by atoms with Gasteiger partial charge in [-0.25, -0.2) is 0 Å². The topological polar surface area (TPSA) is 32.8 Å². The molecular formula is C85H52N2O2. The van der Waals surface area contributed by atoms with Gasteiger partial charge in [-0.3, -0.25) is 0 Å². The SMILES string of the molecule is c1ccc(-c2ccccc2N(c2ccc3cc4c(cc3c2)C2(c3cc5cc(N(c6ccccc6-c6ccccc6)c6cccc7c6oc6ccccc67)ccc5cc3-4)c3ccccc3-c3c2ccc2ccccc32)c2cccc3c2oc2ccccc23)cc1. The van der Waals surface area contributed by atoms with Crippen molar-refractivity contribution in [3.8, 4) is 44.5 Å². The van der Waals surface area contributed by atoms with Crippen molar-refractivity contribution in [2.45, 2.75) is 5.41 Å². The van der Waals surface area contributed by atoms with Gasteiger partial charge in [-0.05, 0) is 173 Å². The number of benzene rings is 15. The molecule has 2 heterocycles. The zero-order valence-corrected chi connectivity index (χ0v) is 48.2. The van der Waals surface area contributed by atoms with E-state index in [0.717, 1.165) is 111 Å². The maximum atomic E-state index is 6.90. The molecule has 0 saturated heterocycles. The van der Waals surface area contributed by atoms with E-state index < -0.39 is 5.41 Å². The Kier molecular flexibility index (Phi) is 10.7. The van der Waals surface area contributed by atoms with Crippen LogP contribution in [-0.4, -0.2) is 0 Å². The summed E-state index contributed by atoms with van der Waals surface area (Å²) in [5.74, 6) is 0. The summed E-state index contributed by atoms with van der Waals surface area (Å²) in [6, 6.07) is 116. The molecule has 2 aromatic heterocycles. The minimum atomic E-state index is -0.673. The second-order valence-corrected chi connectivity index (χ2v) is 23.8. The van der Waals surface area contributed by atoms with Gasteiger partial charge in [0.15, 0.2) is 11.2 Å². The van der Waals surface area contributed by atoms with E-state index in [0.29, 0.717) is 0 Å². The number of anilines is 6. The number of hydrogen-bond donors (Lipinski definition) is 0. The van der Waals surface area contributed by atoms with Gasteiger partial charge in [-0.1, -0.05) is 231 Å². The van der Waals surface area contributed by atoms with Crippen LogP contribution in [-0.2, 0) is 5.41 Å². The van der Waals surface area contributed by atoms with Crippen LogP contribution in [0.4, 0.5) is 34.1 Å². The van der Waals surface area contributed by atoms with Crippen molar-refractivity contribution in [1.82, 2.24) is 0 Å². The largest absolute Gasteiger partial charge is 0.454 e. The highest BCUT2D eigenvalue weighted by Gasteiger charge is 2.52. The maximum Gasteiger partial charge on any atom is 0.159 e. The molecule has 19 rings (SSSR count). The van der Waals surface area contributed by atoms with Crippen LogP contribution >= 0.6 is 0 Å². The summed E-state index contributed by atoms with van der Waals surface area (Å²) >= 11 is 0. The van der Waals surface area contributed by atoms with Gasteiger partial charge in [0.25, 0.3) is 0 Å². The second kappa shape index (κ2) is 19.1. The molecule has 2 aliphatic carbocycles. The summed E-state index contributed by atoms with van der Waals surface area (Å²) < 4.78 is 13.8. The van der Waals surface area contributed by atoms with Gasteiger partial charge in [-0.2, -0.15) is 0 Å². The molecule has 4 heteroatoms. The predicted molar refractivity (Wildman–Crippen MR) is 370 cm³/mol. The van der Waals surface area contributed by atoms with Crippen molar-refractivity contribution in [1.29, 1.82) is 0 Å². The van der Waals surface area contributed by atoms with Gasteiger partial charge in [-0.15, -0.1) is 0 Å². The van der Waals surface area contributed by atoms with E-state index in [1.54, 1.807) is 0 Å². The van der Waals surface area contributed by atoms with Gasteiger partial charge >= 0.3 is 0 Å². The van der Waals surface area contributed by atoms with Crippen LogP contribution in [0.2, 0.25) is 0 Å². The number of rotatable bonds is 8. The summed E-state index contributed by atoms with van der Waals surface area (Å²) in [6.07, 6.45) is 0. The van der Waals surface area contributed by atoms with Crippen molar-refractivity contribution in [3.05, 3.63) is 338 Å². The first-order chi connectivity index (χ1) is 44.1. The van der Waals surface area contributed by atoms with E-state index >= 15 is 0 Å². The number of nitrogens with zero attached hydrogens (tertiary/aromatic N) is 2. The van der Waals surface area contributed by atoms with E-state index in [1.807, 2.05) is 0 Å². The van der Waals surface area contributed by atoms with Crippen LogP contribution in [0.5, 0.6) is 0 Å². The predicted octanol–water partition coefficient (Wildman–Crippen LogP) is 23.6. The summed E-state index contributed by atoms with van der Waals surface area (Å²) in [6.45, 7) is 0. The Morgan fingerprint density at radius 2 is 0.663 bits per heavy atom. The molecule has 414 valence electrons. The smallest absolute Gasteiger partial charge is 0.159 e. The van der Waals surface area contributed by atoms with E-state index in [9.17, 15) is 0 Å². The highest BCUT2D eigenvalue weighted by molar-refractivity contribution is 6.14. The van der Waals surface area contributed by atoms with Crippen molar-refractivity contribution < 1.29 is 8.83 Å². The minimum Gasteiger partial charge on any atom is -0.454 e. The normalized spacial score (nSPS) is 12.8. The molecule has 0 saturated carbocycles. The molecule has 1 spiro atoms. The van der Waals surface area contributed by atoms with Crippen molar-refractivity contribution in [2.75, 3.05) is 9.80 Å². The Hall–Kier alpha value is -11.7. The van der Waals surface area contributed by atoms with E-state index in [2.05, 4.69) is 325 Å². The molecule has 0 amide bonds. The van der Waals surface area contributed by atoms with Gasteiger partial charge < -0.3 is 18.6 Å². The molecule has 0 radical (unpaired) electrons. The van der Waals surface area contributed by atoms with Crippen LogP contribution in [0.25, 0.3) is 121 Å². The molecular weight excluding hydrogens is 1080 g/mol. The maximum absolute atomic E-state index is 6.90. The Labute approximate surface area is 513 Å². The van der Waals surface area contributed by atoms with Crippen LogP contribution in [0.3, 0.4) is 0 Å². The molecule has 17 aromatic rings. The molecule has 89 heavy (non-hydrogen) atoms. The molecule has 4 nitrogen and oxygen atoms in total. The third-order valence-corrected chi connectivity index (χ3v) is 19.2. The zero-order chi connectivity index (χ0) is 58.3. The first-order valence-corrected chi connectivity index (χ1v) is 30.6. The summed E-state index contributed by atoms with van der Waals surface area (Å²) in [4.78, 5) is 4.83. The lowest BCUT2D eigenvalue weighted by Gasteiger charge is -2.31. The average Bonchev–Trinajstić information content (AvgIpc) is 1.52. The monoisotopic (exact) mass is 1130 g/mol. The standard InChI is InChI=1S/C85H52N2O2/c1-3-21-53(22-4-1)62-26-10-15-35-76(62)86(78-37-19-32-67-65-29-12-17-39-80(65)88-83(67)78)60-44-41-56-49-70-71-50-57-42-45-61(87(77-36-16-11-27-63(77)54-23-5-2-6-24-54)79-38-20-33-68-66-30-13-18-40-81(66)89-84(68)79)48-59(57)52-75(71)85(74(70)51-58(56)47-60)72-34-14-9-31-69(72)82-64-28-8-7-25-55(64)43-46-73(82)85/h1-52H.